The normalized spacial score (nSPS) is 13.8. The van der Waals surface area contributed by atoms with Gasteiger partial charge >= 0.3 is 0 Å². The second kappa shape index (κ2) is 9.11. The first-order chi connectivity index (χ1) is 14.6. The van der Waals surface area contributed by atoms with E-state index >= 15 is 0 Å². The number of aromatic nitrogens is 2. The molecular formula is C23H26N4O3. The molecule has 7 heteroatoms. The summed E-state index contributed by atoms with van der Waals surface area (Å²) in [6.07, 6.45) is 0.757. The summed E-state index contributed by atoms with van der Waals surface area (Å²) in [4.78, 5) is 15.2. The summed E-state index contributed by atoms with van der Waals surface area (Å²) < 4.78 is 1.76. The van der Waals surface area contributed by atoms with E-state index in [1.54, 1.807) is 16.8 Å². The third kappa shape index (κ3) is 4.53. The van der Waals surface area contributed by atoms with Crippen LogP contribution < -0.4 is 5.32 Å². The summed E-state index contributed by atoms with van der Waals surface area (Å²) in [6.45, 7) is 2.90. The van der Waals surface area contributed by atoms with Gasteiger partial charge < -0.3 is 15.5 Å². The number of phenolic OH excluding ortho intramolecular Hbond substituents is 1. The van der Waals surface area contributed by atoms with Crippen molar-refractivity contribution in [3.8, 4) is 5.75 Å². The van der Waals surface area contributed by atoms with Gasteiger partial charge in [-0.15, -0.1) is 0 Å². The van der Waals surface area contributed by atoms with Crippen LogP contribution in [0.4, 0.5) is 0 Å². The Morgan fingerprint density at radius 2 is 1.90 bits per heavy atom. The highest BCUT2D eigenvalue weighted by Crippen LogP contribution is 2.25. The Balaban J connectivity index is 1.52. The minimum atomic E-state index is -0.203. The summed E-state index contributed by atoms with van der Waals surface area (Å²) in [5.74, 6) is 0.0490. The van der Waals surface area contributed by atoms with Crippen LogP contribution in [0.2, 0.25) is 0 Å². The van der Waals surface area contributed by atoms with Crippen LogP contribution in [-0.2, 0) is 32.6 Å². The van der Waals surface area contributed by atoms with Gasteiger partial charge in [0.1, 0.15) is 5.75 Å². The first kappa shape index (κ1) is 20.1. The van der Waals surface area contributed by atoms with E-state index in [1.807, 2.05) is 42.5 Å². The molecule has 1 amide bonds. The summed E-state index contributed by atoms with van der Waals surface area (Å²) in [6, 6.07) is 17.0. The number of nitrogens with one attached hydrogen (secondary N) is 1. The van der Waals surface area contributed by atoms with Crippen molar-refractivity contribution in [3.63, 3.8) is 0 Å². The minimum Gasteiger partial charge on any atom is -0.508 e. The van der Waals surface area contributed by atoms with Crippen molar-refractivity contribution in [2.75, 3.05) is 13.2 Å². The van der Waals surface area contributed by atoms with Crippen molar-refractivity contribution >= 4 is 5.91 Å². The lowest BCUT2D eigenvalue weighted by atomic mass is 10.0. The second-order valence-electron chi connectivity index (χ2n) is 7.52. The molecule has 2 aromatic carbocycles. The molecule has 156 valence electrons. The smallest absolute Gasteiger partial charge is 0.272 e. The standard InChI is InChI=1S/C23H26N4O3/c28-12-11-27-21-9-10-26(15-18-7-4-8-19(29)13-18)16-20(21)22(25-27)23(30)24-14-17-5-2-1-3-6-17/h1-8,13,28-29H,9-12,14-16H2,(H,24,30). The number of hydrogen-bond donors (Lipinski definition) is 3. The zero-order valence-electron chi connectivity index (χ0n) is 16.8. The van der Waals surface area contributed by atoms with Gasteiger partial charge in [-0.05, 0) is 23.3 Å². The Morgan fingerprint density at radius 1 is 1.10 bits per heavy atom. The number of aliphatic hydroxyl groups is 1. The van der Waals surface area contributed by atoms with Crippen molar-refractivity contribution in [2.24, 2.45) is 0 Å². The molecule has 2 heterocycles. The Morgan fingerprint density at radius 3 is 2.67 bits per heavy atom. The Labute approximate surface area is 175 Å². The van der Waals surface area contributed by atoms with Gasteiger partial charge in [-0.25, -0.2) is 0 Å². The number of aliphatic hydroxyl groups excluding tert-OH is 1. The van der Waals surface area contributed by atoms with E-state index < -0.39 is 0 Å². The first-order valence-corrected chi connectivity index (χ1v) is 10.2. The fraction of sp³-hybridized carbons (Fsp3) is 0.304. The molecule has 4 rings (SSSR count). The van der Waals surface area contributed by atoms with E-state index in [4.69, 9.17) is 0 Å². The molecule has 0 saturated heterocycles. The topological polar surface area (TPSA) is 90.6 Å². The lowest BCUT2D eigenvalue weighted by molar-refractivity contribution is 0.0942. The van der Waals surface area contributed by atoms with Gasteiger partial charge in [0, 0.05) is 43.9 Å². The first-order valence-electron chi connectivity index (χ1n) is 10.2. The highest BCUT2D eigenvalue weighted by Gasteiger charge is 2.28. The van der Waals surface area contributed by atoms with Crippen LogP contribution in [0.1, 0.15) is 32.9 Å². The van der Waals surface area contributed by atoms with Crippen LogP contribution in [0.3, 0.4) is 0 Å². The lowest BCUT2D eigenvalue weighted by Gasteiger charge is -2.27. The summed E-state index contributed by atoms with van der Waals surface area (Å²) in [7, 11) is 0. The van der Waals surface area contributed by atoms with Gasteiger partial charge in [0.05, 0.1) is 13.2 Å². The van der Waals surface area contributed by atoms with Crippen molar-refractivity contribution < 1.29 is 15.0 Å². The van der Waals surface area contributed by atoms with Gasteiger partial charge in [0.2, 0.25) is 0 Å². The van der Waals surface area contributed by atoms with Gasteiger partial charge in [-0.2, -0.15) is 5.10 Å². The predicted molar refractivity (Wildman–Crippen MR) is 113 cm³/mol. The molecule has 30 heavy (non-hydrogen) atoms. The molecule has 3 N–H and O–H groups in total. The molecule has 0 atom stereocenters. The highest BCUT2D eigenvalue weighted by molar-refractivity contribution is 5.94. The maximum absolute atomic E-state index is 12.9. The van der Waals surface area contributed by atoms with Gasteiger partial charge in [0.25, 0.3) is 5.91 Å². The van der Waals surface area contributed by atoms with Crippen LogP contribution >= 0.6 is 0 Å². The number of carbonyl (C=O) groups excluding carboxylic acids is 1. The molecule has 1 aromatic heterocycles. The predicted octanol–water partition coefficient (Wildman–Crippen LogP) is 2.07. The molecular weight excluding hydrogens is 380 g/mol. The molecule has 0 aliphatic carbocycles. The van der Waals surface area contributed by atoms with E-state index in [0.717, 1.165) is 35.3 Å². The second-order valence-corrected chi connectivity index (χ2v) is 7.52. The fourth-order valence-electron chi connectivity index (χ4n) is 3.92. The highest BCUT2D eigenvalue weighted by atomic mass is 16.3. The van der Waals surface area contributed by atoms with Crippen LogP contribution in [0.5, 0.6) is 5.75 Å². The summed E-state index contributed by atoms with van der Waals surface area (Å²) in [5, 5.41) is 26.6. The summed E-state index contributed by atoms with van der Waals surface area (Å²) in [5.41, 5.74) is 4.41. The largest absolute Gasteiger partial charge is 0.508 e. The van der Waals surface area contributed by atoms with Crippen LogP contribution in [0, 0.1) is 0 Å². The lowest BCUT2D eigenvalue weighted by Crippen LogP contribution is -2.32. The van der Waals surface area contributed by atoms with E-state index in [-0.39, 0.29) is 18.3 Å². The molecule has 7 nitrogen and oxygen atoms in total. The van der Waals surface area contributed by atoms with Gasteiger partial charge in [0.15, 0.2) is 5.69 Å². The Hall–Kier alpha value is -3.16. The van der Waals surface area contributed by atoms with Gasteiger partial charge in [-0.3, -0.25) is 14.4 Å². The number of rotatable bonds is 7. The molecule has 0 spiro atoms. The van der Waals surface area contributed by atoms with Crippen LogP contribution in [0.25, 0.3) is 0 Å². The molecule has 0 saturated carbocycles. The quantitative estimate of drug-likeness (QED) is 0.559. The van der Waals surface area contributed by atoms with E-state index in [1.165, 1.54) is 0 Å². The molecule has 0 fully saturated rings. The number of carbonyl (C=O) groups is 1. The van der Waals surface area contributed by atoms with Crippen molar-refractivity contribution in [1.82, 2.24) is 20.0 Å². The van der Waals surface area contributed by atoms with Crippen LogP contribution in [-0.4, -0.2) is 44.0 Å². The van der Waals surface area contributed by atoms with Crippen molar-refractivity contribution in [1.29, 1.82) is 0 Å². The number of aromatic hydroxyl groups is 1. The van der Waals surface area contributed by atoms with E-state index in [2.05, 4.69) is 15.3 Å². The molecule has 3 aromatic rings. The zero-order valence-corrected chi connectivity index (χ0v) is 16.8. The fourth-order valence-corrected chi connectivity index (χ4v) is 3.92. The average molecular weight is 406 g/mol. The number of phenols is 1. The minimum absolute atomic E-state index is 0.0216. The Kier molecular flexibility index (Phi) is 6.11. The maximum Gasteiger partial charge on any atom is 0.272 e. The maximum atomic E-state index is 12.9. The number of fused-ring (bicyclic) bond motifs is 1. The monoisotopic (exact) mass is 406 g/mol. The van der Waals surface area contributed by atoms with Crippen molar-refractivity contribution in [3.05, 3.63) is 82.7 Å². The number of benzene rings is 2. The van der Waals surface area contributed by atoms with Crippen LogP contribution in [0.15, 0.2) is 54.6 Å². The van der Waals surface area contributed by atoms with E-state index in [9.17, 15) is 15.0 Å². The third-order valence-corrected chi connectivity index (χ3v) is 5.35. The summed E-state index contributed by atoms with van der Waals surface area (Å²) >= 11 is 0. The van der Waals surface area contributed by atoms with Crippen molar-refractivity contribution in [2.45, 2.75) is 32.6 Å². The molecule has 0 bridgehead atoms. The van der Waals surface area contributed by atoms with Gasteiger partial charge in [-0.1, -0.05) is 42.5 Å². The molecule has 1 aliphatic heterocycles. The third-order valence-electron chi connectivity index (χ3n) is 5.35. The number of nitrogens with zero attached hydrogens (tertiary/aromatic N) is 3. The number of hydrogen-bond acceptors (Lipinski definition) is 5. The molecule has 0 radical (unpaired) electrons. The molecule has 0 unspecified atom stereocenters. The zero-order chi connectivity index (χ0) is 20.9. The number of amides is 1. The SMILES string of the molecule is O=C(NCc1ccccc1)c1nn(CCO)c2c1CN(Cc1cccc(O)c1)CC2. The Bertz CT molecular complexity index is 1020. The van der Waals surface area contributed by atoms with E-state index in [0.29, 0.717) is 31.9 Å². The molecule has 1 aliphatic rings. The average Bonchev–Trinajstić information content (AvgIpc) is 3.11.